The predicted molar refractivity (Wildman–Crippen MR) is 88.6 cm³/mol. The molecule has 10 nitrogen and oxygen atoms in total. The van der Waals surface area contributed by atoms with E-state index in [0.29, 0.717) is 13.1 Å². The van der Waals surface area contributed by atoms with Gasteiger partial charge in [0.2, 0.25) is 0 Å². The molecule has 0 heterocycles. The minimum Gasteiger partial charge on any atom is -0.481 e. The normalized spacial score (nSPS) is 5.65. The fourth-order valence-corrected chi connectivity index (χ4v) is 0. The summed E-state index contributed by atoms with van der Waals surface area (Å²) in [7, 11) is 0. The first-order chi connectivity index (χ1) is 8.84. The molecule has 0 bridgehead atoms. The summed E-state index contributed by atoms with van der Waals surface area (Å²) in [5, 5.41) is 29.7. The van der Waals surface area contributed by atoms with Crippen LogP contribution in [-0.2, 0) is 19.2 Å². The molecule has 0 rings (SSSR count). The number of hydrogen-bond donors (Lipinski definition) is 6. The summed E-state index contributed by atoms with van der Waals surface area (Å²) >= 11 is 0. The fourth-order valence-electron chi connectivity index (χ4n) is 0. The van der Waals surface area contributed by atoms with Gasteiger partial charge in [0, 0.05) is 127 Å². The monoisotopic (exact) mass is 554 g/mol. The van der Waals surface area contributed by atoms with Gasteiger partial charge in [-0.15, -0.1) is 0 Å². The minimum atomic E-state index is -0.833. The Morgan fingerprint density at radius 3 is 0.652 bits per heavy atom. The molecular weight excluding hydrogens is 529 g/mol. The summed E-state index contributed by atoms with van der Waals surface area (Å²) in [6.45, 7) is 5.53. The van der Waals surface area contributed by atoms with Gasteiger partial charge in [0.25, 0.3) is 23.9 Å². The van der Waals surface area contributed by atoms with Crippen molar-refractivity contribution in [3.63, 3.8) is 0 Å². The van der Waals surface area contributed by atoms with Crippen LogP contribution in [0.25, 0.3) is 0 Å². The van der Waals surface area contributed by atoms with Gasteiger partial charge in [0.15, 0.2) is 0 Å². The van der Waals surface area contributed by atoms with Gasteiger partial charge in [0.05, 0.1) is 0 Å². The van der Waals surface area contributed by atoms with Gasteiger partial charge in [0.1, 0.15) is 0 Å². The van der Waals surface area contributed by atoms with Gasteiger partial charge >= 0.3 is 0 Å². The van der Waals surface area contributed by atoms with Gasteiger partial charge in [-0.3, -0.25) is 19.2 Å². The summed E-state index contributed by atoms with van der Waals surface area (Å²) in [5.41, 5.74) is 9.81. The van der Waals surface area contributed by atoms with Gasteiger partial charge < -0.3 is 31.9 Å². The number of nitrogens with two attached hydrogens (primary N) is 2. The van der Waals surface area contributed by atoms with Crippen molar-refractivity contribution in [3.8, 4) is 0 Å². The quantitative estimate of drug-likeness (QED) is 0.200. The van der Waals surface area contributed by atoms with Crippen molar-refractivity contribution in [2.75, 3.05) is 13.1 Å². The Kier molecular flexibility index (Phi) is 107. The van der Waals surface area contributed by atoms with Crippen molar-refractivity contribution < 1.29 is 39.6 Å². The number of aliphatic carboxylic acids is 4. The van der Waals surface area contributed by atoms with E-state index in [-0.39, 0.29) is 86.4 Å². The van der Waals surface area contributed by atoms with Crippen LogP contribution in [0.2, 0.25) is 0 Å². The molecule has 8 N–H and O–H groups in total. The van der Waals surface area contributed by atoms with Crippen LogP contribution in [0.3, 0.4) is 0 Å². The van der Waals surface area contributed by atoms with Crippen molar-refractivity contribution in [1.82, 2.24) is 0 Å². The molecule has 0 atom stereocenters. The number of hydrogen-bond acceptors (Lipinski definition) is 6. The first-order valence-corrected chi connectivity index (χ1v) is 5.03. The SMILES string of the molecule is CC(=O)O.CC(=O)O.CC(=O)O.CC(=O)O.NCCN.[Na].[Na].[Pb]. The molecule has 0 aliphatic rings. The number of carboxylic acid groups (broad SMARTS) is 4. The summed E-state index contributed by atoms with van der Waals surface area (Å²) in [6.07, 6.45) is 0. The predicted octanol–water partition coefficient (Wildman–Crippen LogP) is -1.87. The van der Waals surface area contributed by atoms with Crippen LogP contribution < -0.4 is 11.5 Å². The van der Waals surface area contributed by atoms with Crippen molar-refractivity contribution in [1.29, 1.82) is 0 Å². The molecule has 0 aliphatic carbocycles. The number of carboxylic acids is 4. The van der Waals surface area contributed by atoms with Gasteiger partial charge in [-0.05, 0) is 0 Å². The van der Waals surface area contributed by atoms with E-state index in [2.05, 4.69) is 0 Å². The smallest absolute Gasteiger partial charge is 0.300 e. The summed E-state index contributed by atoms with van der Waals surface area (Å²) in [6, 6.07) is 0. The zero-order valence-electron chi connectivity index (χ0n) is 14.5. The Morgan fingerprint density at radius 2 is 0.652 bits per heavy atom. The first-order valence-electron chi connectivity index (χ1n) is 5.03. The molecule has 23 heavy (non-hydrogen) atoms. The molecule has 0 spiro atoms. The third-order valence-corrected chi connectivity index (χ3v) is 0.167. The maximum absolute atomic E-state index is 9.00. The molecule has 0 aromatic heterocycles. The molecule has 0 unspecified atom stereocenters. The van der Waals surface area contributed by atoms with E-state index in [1.165, 1.54) is 0 Å². The second kappa shape index (κ2) is 49.5. The van der Waals surface area contributed by atoms with E-state index >= 15 is 0 Å². The Balaban J connectivity index is -0.0000000197. The van der Waals surface area contributed by atoms with Gasteiger partial charge in [-0.25, -0.2) is 0 Å². The van der Waals surface area contributed by atoms with Crippen LogP contribution in [0, 0.1) is 0 Å². The molecule has 0 aliphatic heterocycles. The standard InChI is InChI=1S/C2H8N2.4C2H4O2.2Na.Pb/c3-1-2-4;4*1-2(3)4;;;/h1-4H2;4*1H3,(H,3,4);;;. The first kappa shape index (κ1) is 49.5. The van der Waals surface area contributed by atoms with Crippen LogP contribution >= 0.6 is 0 Å². The van der Waals surface area contributed by atoms with Crippen LogP contribution in [0.15, 0.2) is 0 Å². The zero-order chi connectivity index (χ0) is 17.7. The average Bonchev–Trinajstić information content (AvgIpc) is 2.13. The van der Waals surface area contributed by atoms with Crippen molar-refractivity contribution >= 4 is 110 Å². The zero-order valence-corrected chi connectivity index (χ0v) is 22.4. The van der Waals surface area contributed by atoms with E-state index < -0.39 is 23.9 Å². The molecule has 0 aromatic rings. The van der Waals surface area contributed by atoms with Crippen molar-refractivity contribution in [2.45, 2.75) is 27.7 Å². The summed E-state index contributed by atoms with van der Waals surface area (Å²) in [4.78, 5) is 36.0. The molecule has 0 amide bonds. The maximum atomic E-state index is 9.00. The molecule has 6 radical (unpaired) electrons. The maximum Gasteiger partial charge on any atom is 0.300 e. The topological polar surface area (TPSA) is 201 Å². The molecule has 0 aromatic carbocycles. The van der Waals surface area contributed by atoms with Crippen molar-refractivity contribution in [2.24, 2.45) is 11.5 Å². The van der Waals surface area contributed by atoms with Crippen LogP contribution in [0.5, 0.6) is 0 Å². The number of carbonyl (C=O) groups is 4. The van der Waals surface area contributed by atoms with E-state index in [4.69, 9.17) is 51.1 Å². The molecule has 0 saturated carbocycles. The van der Waals surface area contributed by atoms with Crippen LogP contribution in [0.1, 0.15) is 27.7 Å². The third-order valence-electron chi connectivity index (χ3n) is 0.167. The molecule has 0 saturated heterocycles. The van der Waals surface area contributed by atoms with E-state index in [9.17, 15) is 0 Å². The molecule has 13 heteroatoms. The second-order valence-corrected chi connectivity index (χ2v) is 2.65. The largest absolute Gasteiger partial charge is 0.481 e. The summed E-state index contributed by atoms with van der Waals surface area (Å²) < 4.78 is 0. The van der Waals surface area contributed by atoms with Crippen LogP contribution in [-0.4, -0.2) is 144 Å². The van der Waals surface area contributed by atoms with E-state index in [1.807, 2.05) is 0 Å². The van der Waals surface area contributed by atoms with Crippen molar-refractivity contribution in [3.05, 3.63) is 0 Å². The molecule has 128 valence electrons. The Labute approximate surface area is 200 Å². The van der Waals surface area contributed by atoms with Crippen LogP contribution in [0.4, 0.5) is 0 Å². The fraction of sp³-hybridized carbons (Fsp3) is 0.600. The average molecular weight is 553 g/mol. The van der Waals surface area contributed by atoms with E-state index in [1.54, 1.807) is 0 Å². The third kappa shape index (κ3) is 3290. The Hall–Kier alpha value is 0.722. The number of rotatable bonds is 1. The Bertz CT molecular complexity index is 205. The van der Waals surface area contributed by atoms with Gasteiger partial charge in [-0.1, -0.05) is 0 Å². The molecular formula is C10H24N2Na2O8Pb. The van der Waals surface area contributed by atoms with Gasteiger partial charge in [-0.2, -0.15) is 0 Å². The summed E-state index contributed by atoms with van der Waals surface area (Å²) in [5.74, 6) is -3.33. The van der Waals surface area contributed by atoms with E-state index in [0.717, 1.165) is 27.7 Å². The minimum absolute atomic E-state index is 0. The molecule has 0 fully saturated rings. The second-order valence-electron chi connectivity index (χ2n) is 2.65. The Morgan fingerprint density at radius 1 is 0.609 bits per heavy atom.